The van der Waals surface area contributed by atoms with Crippen molar-refractivity contribution in [3.05, 3.63) is 29.8 Å². The Morgan fingerprint density at radius 3 is 2.45 bits per heavy atom. The molecule has 0 aromatic heterocycles. The molecular weight excluding hydrogens is 250 g/mol. The highest BCUT2D eigenvalue weighted by Gasteiger charge is 2.16. The molecule has 0 unspecified atom stereocenters. The molecule has 0 spiro atoms. The van der Waals surface area contributed by atoms with Crippen LogP contribution < -0.4 is 10.5 Å². The summed E-state index contributed by atoms with van der Waals surface area (Å²) in [6, 6.07) is 8.19. The van der Waals surface area contributed by atoms with Crippen LogP contribution in [0.15, 0.2) is 24.3 Å². The second-order valence-electron chi connectivity index (χ2n) is 5.87. The van der Waals surface area contributed by atoms with Gasteiger partial charge < -0.3 is 15.6 Å². The Balaban J connectivity index is 2.29. The van der Waals surface area contributed by atoms with Gasteiger partial charge in [-0.3, -0.25) is 0 Å². The Kier molecular flexibility index (Phi) is 7.63. The zero-order valence-corrected chi connectivity index (χ0v) is 12.9. The molecule has 1 atom stereocenters. The van der Waals surface area contributed by atoms with E-state index in [1.54, 1.807) is 0 Å². The lowest BCUT2D eigenvalue weighted by Crippen LogP contribution is -2.40. The van der Waals surface area contributed by atoms with Gasteiger partial charge in [0.15, 0.2) is 0 Å². The van der Waals surface area contributed by atoms with E-state index in [4.69, 9.17) is 15.6 Å². The smallest absolute Gasteiger partial charge is 0.119 e. The third-order valence-electron chi connectivity index (χ3n) is 3.54. The SMILES string of the molecule is CCCCCCOc1ccc(CC[C@@](C)(N)CO)cc1. The van der Waals surface area contributed by atoms with Gasteiger partial charge in [0, 0.05) is 5.54 Å². The first-order chi connectivity index (χ1) is 9.57. The quantitative estimate of drug-likeness (QED) is 0.646. The molecule has 0 saturated carbocycles. The summed E-state index contributed by atoms with van der Waals surface area (Å²) >= 11 is 0. The standard InChI is InChI=1S/C17H29NO2/c1-3-4-5-6-13-20-16-9-7-15(8-10-16)11-12-17(2,18)14-19/h7-10,19H,3-6,11-14,18H2,1-2H3/t17-/m1/s1. The summed E-state index contributed by atoms with van der Waals surface area (Å²) in [6.45, 7) is 4.90. The molecule has 0 heterocycles. The molecule has 3 heteroatoms. The van der Waals surface area contributed by atoms with Crippen molar-refractivity contribution in [2.75, 3.05) is 13.2 Å². The van der Waals surface area contributed by atoms with E-state index in [0.29, 0.717) is 0 Å². The molecule has 114 valence electrons. The highest BCUT2D eigenvalue weighted by Crippen LogP contribution is 2.16. The molecule has 20 heavy (non-hydrogen) atoms. The van der Waals surface area contributed by atoms with Crippen LogP contribution in [0.5, 0.6) is 5.75 Å². The number of benzene rings is 1. The van der Waals surface area contributed by atoms with Gasteiger partial charge in [-0.2, -0.15) is 0 Å². The van der Waals surface area contributed by atoms with Crippen molar-refractivity contribution in [1.82, 2.24) is 0 Å². The van der Waals surface area contributed by atoms with Crippen LogP contribution in [-0.4, -0.2) is 23.9 Å². The first-order valence-corrected chi connectivity index (χ1v) is 7.69. The lowest BCUT2D eigenvalue weighted by Gasteiger charge is -2.21. The Morgan fingerprint density at radius 2 is 1.85 bits per heavy atom. The van der Waals surface area contributed by atoms with Crippen LogP contribution in [0.1, 0.15) is 51.5 Å². The average Bonchev–Trinajstić information content (AvgIpc) is 2.46. The summed E-state index contributed by atoms with van der Waals surface area (Å²) in [6.07, 6.45) is 6.56. The van der Waals surface area contributed by atoms with Gasteiger partial charge in [0.1, 0.15) is 5.75 Å². The first-order valence-electron chi connectivity index (χ1n) is 7.69. The van der Waals surface area contributed by atoms with Crippen molar-refractivity contribution >= 4 is 0 Å². The predicted octanol–water partition coefficient (Wildman–Crippen LogP) is 3.29. The van der Waals surface area contributed by atoms with Crippen molar-refractivity contribution in [2.45, 2.75) is 57.9 Å². The number of rotatable bonds is 10. The van der Waals surface area contributed by atoms with Gasteiger partial charge in [-0.1, -0.05) is 38.3 Å². The molecular formula is C17H29NO2. The van der Waals surface area contributed by atoms with Crippen LogP contribution in [-0.2, 0) is 6.42 Å². The zero-order chi connectivity index (χ0) is 14.8. The summed E-state index contributed by atoms with van der Waals surface area (Å²) in [7, 11) is 0. The summed E-state index contributed by atoms with van der Waals surface area (Å²) < 4.78 is 5.71. The third-order valence-corrected chi connectivity index (χ3v) is 3.54. The fourth-order valence-corrected chi connectivity index (χ4v) is 1.98. The molecule has 1 aromatic rings. The van der Waals surface area contributed by atoms with Gasteiger partial charge in [-0.05, 0) is 43.9 Å². The van der Waals surface area contributed by atoms with Crippen LogP contribution >= 0.6 is 0 Å². The summed E-state index contributed by atoms with van der Waals surface area (Å²) in [4.78, 5) is 0. The van der Waals surface area contributed by atoms with Crippen LogP contribution in [0.3, 0.4) is 0 Å². The number of nitrogens with two attached hydrogens (primary N) is 1. The highest BCUT2D eigenvalue weighted by atomic mass is 16.5. The van der Waals surface area contributed by atoms with Crippen LogP contribution in [0.25, 0.3) is 0 Å². The maximum Gasteiger partial charge on any atom is 0.119 e. The number of aryl methyl sites for hydroxylation is 1. The molecule has 0 fully saturated rings. The number of ether oxygens (including phenoxy) is 1. The van der Waals surface area contributed by atoms with Crippen LogP contribution in [0, 0.1) is 0 Å². The van der Waals surface area contributed by atoms with Gasteiger partial charge in [-0.25, -0.2) is 0 Å². The topological polar surface area (TPSA) is 55.5 Å². The zero-order valence-electron chi connectivity index (χ0n) is 12.9. The van der Waals surface area contributed by atoms with E-state index in [1.165, 1.54) is 24.8 Å². The van der Waals surface area contributed by atoms with Gasteiger partial charge in [-0.15, -0.1) is 0 Å². The molecule has 0 radical (unpaired) electrons. The van der Waals surface area contributed by atoms with Crippen molar-refractivity contribution in [2.24, 2.45) is 5.73 Å². The molecule has 3 N–H and O–H groups in total. The number of hydrogen-bond acceptors (Lipinski definition) is 3. The van der Waals surface area contributed by atoms with Crippen LogP contribution in [0.2, 0.25) is 0 Å². The lowest BCUT2D eigenvalue weighted by molar-refractivity contribution is 0.200. The highest BCUT2D eigenvalue weighted by molar-refractivity contribution is 5.27. The number of unbranched alkanes of at least 4 members (excludes halogenated alkanes) is 3. The van der Waals surface area contributed by atoms with Crippen molar-refractivity contribution < 1.29 is 9.84 Å². The van der Waals surface area contributed by atoms with Gasteiger partial charge in [0.25, 0.3) is 0 Å². The van der Waals surface area contributed by atoms with Gasteiger partial charge in [0.2, 0.25) is 0 Å². The molecule has 0 aliphatic rings. The molecule has 1 aromatic carbocycles. The maximum absolute atomic E-state index is 9.13. The minimum atomic E-state index is -0.492. The summed E-state index contributed by atoms with van der Waals surface area (Å²) in [5.74, 6) is 0.933. The van der Waals surface area contributed by atoms with E-state index >= 15 is 0 Å². The van der Waals surface area contributed by atoms with E-state index < -0.39 is 5.54 Å². The Hall–Kier alpha value is -1.06. The Morgan fingerprint density at radius 1 is 1.15 bits per heavy atom. The second kappa shape index (κ2) is 8.98. The van der Waals surface area contributed by atoms with E-state index in [9.17, 15) is 0 Å². The van der Waals surface area contributed by atoms with E-state index in [0.717, 1.165) is 31.6 Å². The van der Waals surface area contributed by atoms with E-state index in [2.05, 4.69) is 19.1 Å². The lowest BCUT2D eigenvalue weighted by atomic mass is 9.95. The maximum atomic E-state index is 9.13. The molecule has 0 amide bonds. The number of hydrogen-bond donors (Lipinski definition) is 2. The fourth-order valence-electron chi connectivity index (χ4n) is 1.98. The summed E-state index contributed by atoms with van der Waals surface area (Å²) in [5, 5.41) is 9.13. The monoisotopic (exact) mass is 279 g/mol. The van der Waals surface area contributed by atoms with E-state index in [-0.39, 0.29) is 6.61 Å². The van der Waals surface area contributed by atoms with Crippen molar-refractivity contribution in [3.8, 4) is 5.75 Å². The Labute approximate surface area is 123 Å². The molecule has 0 aliphatic heterocycles. The number of aliphatic hydroxyl groups is 1. The molecule has 0 bridgehead atoms. The Bertz CT molecular complexity index is 360. The first kappa shape index (κ1) is 17.0. The van der Waals surface area contributed by atoms with Crippen molar-refractivity contribution in [3.63, 3.8) is 0 Å². The minimum absolute atomic E-state index is 0.0198. The van der Waals surface area contributed by atoms with Gasteiger partial charge >= 0.3 is 0 Å². The van der Waals surface area contributed by atoms with Gasteiger partial charge in [0.05, 0.1) is 13.2 Å². The molecule has 0 aliphatic carbocycles. The average molecular weight is 279 g/mol. The molecule has 1 rings (SSSR count). The molecule has 0 saturated heterocycles. The fraction of sp³-hybridized carbons (Fsp3) is 0.647. The number of aliphatic hydroxyl groups excluding tert-OH is 1. The second-order valence-corrected chi connectivity index (χ2v) is 5.87. The largest absolute Gasteiger partial charge is 0.494 e. The normalized spacial score (nSPS) is 14.0. The van der Waals surface area contributed by atoms with E-state index in [1.807, 2.05) is 19.1 Å². The van der Waals surface area contributed by atoms with Crippen molar-refractivity contribution in [1.29, 1.82) is 0 Å². The molecule has 3 nitrogen and oxygen atoms in total. The minimum Gasteiger partial charge on any atom is -0.494 e. The third kappa shape index (κ3) is 6.92. The summed E-state index contributed by atoms with van der Waals surface area (Å²) in [5.41, 5.74) is 6.66. The predicted molar refractivity (Wildman–Crippen MR) is 84.1 cm³/mol. The van der Waals surface area contributed by atoms with Crippen LogP contribution in [0.4, 0.5) is 0 Å².